The van der Waals surface area contributed by atoms with Crippen molar-refractivity contribution in [3.63, 3.8) is 0 Å². The van der Waals surface area contributed by atoms with Crippen molar-refractivity contribution in [1.29, 1.82) is 5.26 Å². The first kappa shape index (κ1) is 30.3. The number of nitrogens with zero attached hydrogens (tertiary/aromatic N) is 4. The number of hydrogen-bond acceptors (Lipinski definition) is 5. The van der Waals surface area contributed by atoms with Crippen molar-refractivity contribution >= 4 is 22.8 Å². The Balaban J connectivity index is 1.70. The molecule has 13 heteroatoms. The summed E-state index contributed by atoms with van der Waals surface area (Å²) >= 11 is 1.13. The van der Waals surface area contributed by atoms with Gasteiger partial charge >= 0.3 is 6.18 Å². The number of nitrogens with one attached hydrogen (secondary N) is 1. The number of halogens is 6. The molecule has 0 bridgehead atoms. The van der Waals surface area contributed by atoms with Gasteiger partial charge in [-0.15, -0.1) is 11.3 Å². The number of allylic oxidation sites excluding steroid dienone is 3. The summed E-state index contributed by atoms with van der Waals surface area (Å²) < 4.78 is 84.0. The first-order chi connectivity index (χ1) is 19.3. The van der Waals surface area contributed by atoms with Crippen LogP contribution in [0.2, 0.25) is 0 Å². The molecule has 2 aliphatic rings. The molecular formula is C28H27F6N5OS. The molecule has 41 heavy (non-hydrogen) atoms. The van der Waals surface area contributed by atoms with Crippen LogP contribution < -0.4 is 5.32 Å². The van der Waals surface area contributed by atoms with Gasteiger partial charge in [-0.1, -0.05) is 25.3 Å². The fraction of sp³-hybridized carbons (Fsp3) is 0.393. The number of amides is 1. The number of thiophene rings is 1. The second-order valence-electron chi connectivity index (χ2n) is 9.83. The first-order valence-electron chi connectivity index (χ1n) is 12.7. The molecule has 1 fully saturated rings. The topological polar surface area (TPSA) is 74.0 Å². The largest absolute Gasteiger partial charge is 0.435 e. The Kier molecular flexibility index (Phi) is 8.65. The van der Waals surface area contributed by atoms with E-state index in [4.69, 9.17) is 0 Å². The summed E-state index contributed by atoms with van der Waals surface area (Å²) in [5.41, 5.74) is -1.57. The summed E-state index contributed by atoms with van der Waals surface area (Å²) in [5.74, 6) is -5.06. The Morgan fingerprint density at radius 2 is 2.07 bits per heavy atom. The van der Waals surface area contributed by atoms with E-state index >= 15 is 4.39 Å². The second-order valence-corrected chi connectivity index (χ2v) is 11.0. The third kappa shape index (κ3) is 6.49. The fourth-order valence-electron chi connectivity index (χ4n) is 5.06. The number of fused-ring (bicyclic) bond motifs is 1. The fourth-order valence-corrected chi connectivity index (χ4v) is 6.10. The SMILES string of the molecule is C=C/C(=C(\C(=C)F)c1cn(CC)nc1C(F)(F)F)[C@@H]1CN(C(=O)/C=C/CNC2CC(F)(F)C2)Cc2sc(C#N)cc21. The number of alkyl halides is 5. The minimum Gasteiger partial charge on any atom is -0.333 e. The summed E-state index contributed by atoms with van der Waals surface area (Å²) in [6, 6.07) is 3.29. The highest BCUT2D eigenvalue weighted by Gasteiger charge is 2.45. The molecule has 1 amide bonds. The number of rotatable bonds is 9. The van der Waals surface area contributed by atoms with Crippen LogP contribution in [0.3, 0.4) is 0 Å². The molecular weight excluding hydrogens is 568 g/mol. The molecule has 3 heterocycles. The predicted octanol–water partition coefficient (Wildman–Crippen LogP) is 6.35. The van der Waals surface area contributed by atoms with Crippen LogP contribution >= 0.6 is 11.3 Å². The molecule has 0 spiro atoms. The van der Waals surface area contributed by atoms with Gasteiger partial charge in [0, 0.05) is 72.7 Å². The van der Waals surface area contributed by atoms with E-state index < -0.39 is 46.6 Å². The van der Waals surface area contributed by atoms with Crippen molar-refractivity contribution in [2.45, 2.75) is 56.9 Å². The van der Waals surface area contributed by atoms with Crippen LogP contribution in [0.15, 0.2) is 55.0 Å². The first-order valence-corrected chi connectivity index (χ1v) is 13.5. The zero-order valence-corrected chi connectivity index (χ0v) is 22.9. The van der Waals surface area contributed by atoms with Crippen LogP contribution in [0.1, 0.15) is 52.3 Å². The van der Waals surface area contributed by atoms with Crippen molar-refractivity contribution in [2.75, 3.05) is 13.1 Å². The van der Waals surface area contributed by atoms with Gasteiger partial charge in [0.15, 0.2) is 5.69 Å². The molecule has 0 aromatic carbocycles. The van der Waals surface area contributed by atoms with Gasteiger partial charge in [0.2, 0.25) is 5.91 Å². The van der Waals surface area contributed by atoms with E-state index in [1.54, 1.807) is 13.0 Å². The van der Waals surface area contributed by atoms with Crippen LogP contribution in [0, 0.1) is 11.3 Å². The quantitative estimate of drug-likeness (QED) is 0.208. The van der Waals surface area contributed by atoms with E-state index in [1.165, 1.54) is 23.1 Å². The molecule has 2 aromatic heterocycles. The van der Waals surface area contributed by atoms with E-state index in [9.17, 15) is 32.0 Å². The highest BCUT2D eigenvalue weighted by molar-refractivity contribution is 7.12. The zero-order chi connectivity index (χ0) is 30.1. The minimum atomic E-state index is -4.88. The van der Waals surface area contributed by atoms with Crippen molar-refractivity contribution in [1.82, 2.24) is 20.0 Å². The van der Waals surface area contributed by atoms with E-state index in [-0.39, 0.29) is 50.6 Å². The summed E-state index contributed by atoms with van der Waals surface area (Å²) in [7, 11) is 0. The van der Waals surface area contributed by atoms with Crippen LogP contribution in [-0.2, 0) is 24.1 Å². The van der Waals surface area contributed by atoms with E-state index in [0.717, 1.165) is 22.2 Å². The molecule has 0 radical (unpaired) electrons. The van der Waals surface area contributed by atoms with Gasteiger partial charge in [-0.3, -0.25) is 9.48 Å². The Bertz CT molecular complexity index is 1450. The maximum Gasteiger partial charge on any atom is 0.435 e. The van der Waals surface area contributed by atoms with Gasteiger partial charge in [0.1, 0.15) is 16.8 Å². The normalized spacial score (nSPS) is 19.4. The molecule has 1 N–H and O–H groups in total. The van der Waals surface area contributed by atoms with Crippen LogP contribution in [0.25, 0.3) is 5.57 Å². The van der Waals surface area contributed by atoms with Gasteiger partial charge in [-0.25, -0.2) is 13.2 Å². The number of aromatic nitrogens is 2. The minimum absolute atomic E-state index is 0.0402. The lowest BCUT2D eigenvalue weighted by Crippen LogP contribution is -2.48. The number of carbonyl (C=O) groups excluding carboxylic acids is 1. The molecule has 6 nitrogen and oxygen atoms in total. The van der Waals surface area contributed by atoms with E-state index in [2.05, 4.69) is 23.6 Å². The van der Waals surface area contributed by atoms with E-state index in [1.807, 2.05) is 6.07 Å². The zero-order valence-electron chi connectivity index (χ0n) is 22.1. The third-order valence-electron chi connectivity index (χ3n) is 7.03. The summed E-state index contributed by atoms with van der Waals surface area (Å²) in [5, 5.41) is 16.0. The Morgan fingerprint density at radius 3 is 2.63 bits per heavy atom. The smallest absolute Gasteiger partial charge is 0.333 e. The highest BCUT2D eigenvalue weighted by atomic mass is 32.1. The second kappa shape index (κ2) is 11.7. The lowest BCUT2D eigenvalue weighted by molar-refractivity contribution is -0.141. The average Bonchev–Trinajstić information content (AvgIpc) is 3.51. The van der Waals surface area contributed by atoms with Crippen LogP contribution in [0.5, 0.6) is 0 Å². The summed E-state index contributed by atoms with van der Waals surface area (Å²) in [6.45, 7) is 9.01. The lowest BCUT2D eigenvalue weighted by Gasteiger charge is -2.35. The molecule has 0 unspecified atom stereocenters. The average molecular weight is 596 g/mol. The summed E-state index contributed by atoms with van der Waals surface area (Å²) in [4.78, 5) is 15.5. The highest BCUT2D eigenvalue weighted by Crippen LogP contribution is 2.45. The van der Waals surface area contributed by atoms with Crippen molar-refractivity contribution in [3.05, 3.63) is 81.6 Å². The third-order valence-corrected chi connectivity index (χ3v) is 8.07. The molecule has 1 saturated carbocycles. The number of carbonyl (C=O) groups is 1. The molecule has 4 rings (SSSR count). The predicted molar refractivity (Wildman–Crippen MR) is 143 cm³/mol. The van der Waals surface area contributed by atoms with Gasteiger partial charge < -0.3 is 10.2 Å². The van der Waals surface area contributed by atoms with Gasteiger partial charge in [0.05, 0.1) is 6.54 Å². The Labute approximate surface area is 236 Å². The molecule has 1 atom stereocenters. The molecule has 218 valence electrons. The van der Waals surface area contributed by atoms with E-state index in [0.29, 0.717) is 15.3 Å². The maximum atomic E-state index is 15.1. The van der Waals surface area contributed by atoms with Crippen molar-refractivity contribution in [2.24, 2.45) is 0 Å². The van der Waals surface area contributed by atoms with Gasteiger partial charge in [0.25, 0.3) is 5.92 Å². The van der Waals surface area contributed by atoms with Gasteiger partial charge in [-0.05, 0) is 24.1 Å². The summed E-state index contributed by atoms with van der Waals surface area (Å²) in [6.07, 6.45) is -0.289. The molecule has 0 saturated heterocycles. The Hall–Kier alpha value is -3.63. The van der Waals surface area contributed by atoms with Crippen molar-refractivity contribution in [3.8, 4) is 6.07 Å². The van der Waals surface area contributed by atoms with Crippen LogP contribution in [0.4, 0.5) is 26.3 Å². The molecule has 2 aromatic rings. The number of nitriles is 1. The van der Waals surface area contributed by atoms with Gasteiger partial charge in [-0.2, -0.15) is 23.5 Å². The lowest BCUT2D eigenvalue weighted by atomic mass is 9.83. The van der Waals surface area contributed by atoms with Crippen molar-refractivity contribution < 1.29 is 31.1 Å². The number of hydrogen-bond donors (Lipinski definition) is 1. The Morgan fingerprint density at radius 1 is 1.37 bits per heavy atom. The molecule has 1 aliphatic carbocycles. The number of aryl methyl sites for hydroxylation is 1. The standard InChI is InChI=1S/C28H27F6N5OS/c1-4-19(25(16(3)29)22-14-39(5-2)37-26(22)28(32,33)34)21-13-38(15-23-20(21)9-18(12-35)41-23)24(40)7-6-8-36-17-10-27(30,31)11-17/h4,6-7,9,14,17,21,36H,1,3,5,8,10-11,13,15H2,2H3/b7-6+,25-19-/t21-/m0/s1. The monoisotopic (exact) mass is 595 g/mol. The maximum absolute atomic E-state index is 15.1. The molecule has 1 aliphatic heterocycles. The van der Waals surface area contributed by atoms with Crippen LogP contribution in [-0.4, -0.2) is 45.6 Å².